The average molecular weight is 248 g/mol. The van der Waals surface area contributed by atoms with Crippen LogP contribution in [0.5, 0.6) is 5.75 Å². The maximum absolute atomic E-state index is 6.43. The SMILES string of the molecule is COc1c(C)cc(C(N)C2CCCN2)c(C)c1C. The van der Waals surface area contributed by atoms with Gasteiger partial charge in [0.1, 0.15) is 5.75 Å². The van der Waals surface area contributed by atoms with Crippen molar-refractivity contribution in [2.75, 3.05) is 13.7 Å². The number of hydrogen-bond acceptors (Lipinski definition) is 3. The molecular formula is C15H24N2O. The van der Waals surface area contributed by atoms with E-state index in [0.717, 1.165) is 12.3 Å². The van der Waals surface area contributed by atoms with E-state index >= 15 is 0 Å². The molecule has 1 aromatic rings. The lowest BCUT2D eigenvalue weighted by atomic mass is 9.90. The summed E-state index contributed by atoms with van der Waals surface area (Å²) in [6.45, 7) is 7.43. The van der Waals surface area contributed by atoms with Crippen molar-refractivity contribution in [2.24, 2.45) is 5.73 Å². The van der Waals surface area contributed by atoms with Crippen LogP contribution in [0.25, 0.3) is 0 Å². The Balaban J connectivity index is 2.38. The Morgan fingerprint density at radius 3 is 2.61 bits per heavy atom. The van der Waals surface area contributed by atoms with Gasteiger partial charge in [-0.1, -0.05) is 6.07 Å². The van der Waals surface area contributed by atoms with Gasteiger partial charge in [-0.3, -0.25) is 0 Å². The molecule has 0 radical (unpaired) electrons. The first-order valence-electron chi connectivity index (χ1n) is 6.70. The minimum absolute atomic E-state index is 0.0795. The first-order chi connectivity index (χ1) is 8.56. The minimum atomic E-state index is 0.0795. The zero-order valence-electron chi connectivity index (χ0n) is 11.8. The van der Waals surface area contributed by atoms with Crippen LogP contribution in [0.1, 0.15) is 41.1 Å². The summed E-state index contributed by atoms with van der Waals surface area (Å²) in [6, 6.07) is 2.68. The summed E-state index contributed by atoms with van der Waals surface area (Å²) < 4.78 is 5.46. The van der Waals surface area contributed by atoms with E-state index < -0.39 is 0 Å². The predicted molar refractivity (Wildman–Crippen MR) is 75.2 cm³/mol. The molecule has 1 aliphatic rings. The molecule has 1 aromatic carbocycles. The molecular weight excluding hydrogens is 224 g/mol. The maximum Gasteiger partial charge on any atom is 0.124 e. The third kappa shape index (κ3) is 2.25. The van der Waals surface area contributed by atoms with E-state index in [9.17, 15) is 0 Å². The Morgan fingerprint density at radius 1 is 1.33 bits per heavy atom. The molecule has 0 spiro atoms. The van der Waals surface area contributed by atoms with E-state index in [1.807, 2.05) is 0 Å². The van der Waals surface area contributed by atoms with Crippen molar-refractivity contribution in [1.82, 2.24) is 5.32 Å². The Labute approximate surface area is 110 Å². The number of nitrogens with one attached hydrogen (secondary N) is 1. The first kappa shape index (κ1) is 13.4. The quantitative estimate of drug-likeness (QED) is 0.863. The molecule has 0 aliphatic carbocycles. The number of ether oxygens (including phenoxy) is 1. The van der Waals surface area contributed by atoms with Crippen molar-refractivity contribution in [2.45, 2.75) is 45.7 Å². The highest BCUT2D eigenvalue weighted by Crippen LogP contribution is 2.33. The number of aryl methyl sites for hydroxylation is 1. The molecule has 2 unspecified atom stereocenters. The smallest absolute Gasteiger partial charge is 0.124 e. The standard InChI is InChI=1S/C15H24N2O/c1-9-8-12(10(2)11(3)15(9)18-4)14(16)13-6-5-7-17-13/h8,13-14,17H,5-7,16H2,1-4H3. The highest BCUT2D eigenvalue weighted by atomic mass is 16.5. The molecule has 0 amide bonds. The van der Waals surface area contributed by atoms with Crippen LogP contribution < -0.4 is 15.8 Å². The highest BCUT2D eigenvalue weighted by Gasteiger charge is 2.25. The van der Waals surface area contributed by atoms with Gasteiger partial charge in [0, 0.05) is 12.1 Å². The zero-order chi connectivity index (χ0) is 13.3. The molecule has 100 valence electrons. The molecule has 1 fully saturated rings. The summed E-state index contributed by atoms with van der Waals surface area (Å²) in [4.78, 5) is 0. The fourth-order valence-electron chi connectivity index (χ4n) is 2.98. The van der Waals surface area contributed by atoms with Crippen LogP contribution in [-0.2, 0) is 0 Å². The lowest BCUT2D eigenvalue weighted by Crippen LogP contribution is -2.34. The molecule has 2 atom stereocenters. The van der Waals surface area contributed by atoms with Gasteiger partial charge in [0.2, 0.25) is 0 Å². The fourth-order valence-corrected chi connectivity index (χ4v) is 2.98. The Bertz CT molecular complexity index is 437. The van der Waals surface area contributed by atoms with Crippen LogP contribution >= 0.6 is 0 Å². The van der Waals surface area contributed by atoms with Gasteiger partial charge in [-0.05, 0) is 62.4 Å². The summed E-state index contributed by atoms with van der Waals surface area (Å²) in [7, 11) is 1.73. The zero-order valence-corrected chi connectivity index (χ0v) is 11.8. The summed E-state index contributed by atoms with van der Waals surface area (Å²) in [5.41, 5.74) is 11.3. The van der Waals surface area contributed by atoms with Crippen LogP contribution in [0.2, 0.25) is 0 Å². The van der Waals surface area contributed by atoms with Crippen molar-refractivity contribution < 1.29 is 4.74 Å². The molecule has 0 bridgehead atoms. The molecule has 3 heteroatoms. The van der Waals surface area contributed by atoms with Crippen LogP contribution in [0.15, 0.2) is 6.07 Å². The first-order valence-corrected chi connectivity index (χ1v) is 6.70. The van der Waals surface area contributed by atoms with E-state index in [4.69, 9.17) is 10.5 Å². The molecule has 0 saturated carbocycles. The average Bonchev–Trinajstić information content (AvgIpc) is 2.87. The Kier molecular flexibility index (Phi) is 3.93. The summed E-state index contributed by atoms with van der Waals surface area (Å²) >= 11 is 0. The van der Waals surface area contributed by atoms with Crippen LogP contribution in [0.4, 0.5) is 0 Å². The van der Waals surface area contributed by atoms with Gasteiger partial charge < -0.3 is 15.8 Å². The third-order valence-electron chi connectivity index (χ3n) is 4.16. The van der Waals surface area contributed by atoms with Crippen molar-refractivity contribution >= 4 is 0 Å². The largest absolute Gasteiger partial charge is 0.496 e. The van der Waals surface area contributed by atoms with Crippen molar-refractivity contribution in [3.8, 4) is 5.75 Å². The van der Waals surface area contributed by atoms with Gasteiger partial charge in [0.05, 0.1) is 7.11 Å². The van der Waals surface area contributed by atoms with Crippen LogP contribution in [0, 0.1) is 20.8 Å². The molecule has 1 aliphatic heterocycles. The van der Waals surface area contributed by atoms with Gasteiger partial charge in [-0.25, -0.2) is 0 Å². The number of rotatable bonds is 3. The lowest BCUT2D eigenvalue weighted by molar-refractivity contribution is 0.407. The second-order valence-corrected chi connectivity index (χ2v) is 5.29. The van der Waals surface area contributed by atoms with Crippen LogP contribution in [0.3, 0.4) is 0 Å². The van der Waals surface area contributed by atoms with Gasteiger partial charge in [-0.15, -0.1) is 0 Å². The highest BCUT2D eigenvalue weighted by molar-refractivity contribution is 5.50. The van der Waals surface area contributed by atoms with Gasteiger partial charge in [-0.2, -0.15) is 0 Å². The molecule has 1 saturated heterocycles. The van der Waals surface area contributed by atoms with Crippen molar-refractivity contribution in [3.05, 3.63) is 28.3 Å². The molecule has 0 aromatic heterocycles. The fraction of sp³-hybridized carbons (Fsp3) is 0.600. The number of nitrogens with two attached hydrogens (primary N) is 1. The number of hydrogen-bond donors (Lipinski definition) is 2. The van der Waals surface area contributed by atoms with Crippen molar-refractivity contribution in [1.29, 1.82) is 0 Å². The van der Waals surface area contributed by atoms with E-state index in [1.54, 1.807) is 7.11 Å². The number of methoxy groups -OCH3 is 1. The summed E-state index contributed by atoms with van der Waals surface area (Å²) in [6.07, 6.45) is 2.40. The van der Waals surface area contributed by atoms with E-state index in [2.05, 4.69) is 32.2 Å². The minimum Gasteiger partial charge on any atom is -0.496 e. The molecule has 18 heavy (non-hydrogen) atoms. The van der Waals surface area contributed by atoms with E-state index in [1.165, 1.54) is 35.1 Å². The lowest BCUT2D eigenvalue weighted by Gasteiger charge is -2.24. The maximum atomic E-state index is 6.43. The second-order valence-electron chi connectivity index (χ2n) is 5.29. The van der Waals surface area contributed by atoms with E-state index in [0.29, 0.717) is 6.04 Å². The molecule has 3 nitrogen and oxygen atoms in total. The third-order valence-corrected chi connectivity index (χ3v) is 4.16. The van der Waals surface area contributed by atoms with Crippen LogP contribution in [-0.4, -0.2) is 19.7 Å². The Hall–Kier alpha value is -1.06. The van der Waals surface area contributed by atoms with Crippen molar-refractivity contribution in [3.63, 3.8) is 0 Å². The molecule has 2 rings (SSSR count). The Morgan fingerprint density at radius 2 is 2.06 bits per heavy atom. The predicted octanol–water partition coefficient (Wildman–Crippen LogP) is 2.37. The molecule has 3 N–H and O–H groups in total. The van der Waals surface area contributed by atoms with E-state index in [-0.39, 0.29) is 6.04 Å². The monoisotopic (exact) mass is 248 g/mol. The molecule has 1 heterocycles. The van der Waals surface area contributed by atoms with Gasteiger partial charge in [0.25, 0.3) is 0 Å². The van der Waals surface area contributed by atoms with Gasteiger partial charge in [0.15, 0.2) is 0 Å². The number of benzene rings is 1. The normalized spacial score (nSPS) is 21.1. The topological polar surface area (TPSA) is 47.3 Å². The van der Waals surface area contributed by atoms with Gasteiger partial charge >= 0.3 is 0 Å². The second kappa shape index (κ2) is 5.29. The summed E-state index contributed by atoms with van der Waals surface area (Å²) in [5, 5.41) is 3.49. The summed E-state index contributed by atoms with van der Waals surface area (Å²) in [5.74, 6) is 0.989.